The Balaban J connectivity index is 2.19. The van der Waals surface area contributed by atoms with Crippen molar-refractivity contribution in [1.82, 2.24) is 9.78 Å². The Hall–Kier alpha value is -0.880. The van der Waals surface area contributed by atoms with Gasteiger partial charge in [-0.15, -0.1) is 0 Å². The fourth-order valence-electron chi connectivity index (χ4n) is 2.35. The van der Waals surface area contributed by atoms with Crippen molar-refractivity contribution in [3.8, 4) is 0 Å². The number of rotatable bonds is 6. The zero-order valence-corrected chi connectivity index (χ0v) is 13.0. The van der Waals surface area contributed by atoms with E-state index in [1.807, 2.05) is 0 Å². The largest absolute Gasteiger partial charge is 0.383 e. The topological polar surface area (TPSA) is 56.1 Å². The van der Waals surface area contributed by atoms with Crippen LogP contribution in [0.3, 0.4) is 0 Å². The quantitative estimate of drug-likeness (QED) is 0.870. The van der Waals surface area contributed by atoms with Crippen molar-refractivity contribution in [2.45, 2.75) is 44.7 Å². The van der Waals surface area contributed by atoms with Crippen LogP contribution in [0.15, 0.2) is 15.5 Å². The van der Waals surface area contributed by atoms with Crippen LogP contribution >= 0.6 is 15.9 Å². The Morgan fingerprint density at radius 1 is 1.58 bits per heavy atom. The number of halogens is 1. The first-order valence-electron chi connectivity index (χ1n) is 6.64. The molecule has 106 valence electrons. The minimum absolute atomic E-state index is 0.118. The van der Waals surface area contributed by atoms with Gasteiger partial charge < -0.3 is 10.1 Å². The van der Waals surface area contributed by atoms with Gasteiger partial charge in [0.15, 0.2) is 0 Å². The van der Waals surface area contributed by atoms with Crippen molar-refractivity contribution in [2.75, 3.05) is 19.0 Å². The van der Waals surface area contributed by atoms with E-state index in [1.54, 1.807) is 13.3 Å². The normalized spacial score (nSPS) is 17.0. The monoisotopic (exact) mass is 329 g/mol. The molecule has 0 radical (unpaired) electrons. The first-order valence-corrected chi connectivity index (χ1v) is 7.44. The SMILES string of the molecule is CCC1(Nc2cnn(CCOC)c(=O)c2Br)CCC1. The van der Waals surface area contributed by atoms with Crippen molar-refractivity contribution in [1.29, 1.82) is 0 Å². The lowest BCUT2D eigenvalue weighted by Crippen LogP contribution is -2.45. The van der Waals surface area contributed by atoms with Crippen molar-refractivity contribution >= 4 is 21.6 Å². The van der Waals surface area contributed by atoms with E-state index in [9.17, 15) is 4.79 Å². The lowest BCUT2D eigenvalue weighted by atomic mass is 9.75. The highest BCUT2D eigenvalue weighted by Crippen LogP contribution is 2.38. The molecule has 0 saturated heterocycles. The Morgan fingerprint density at radius 2 is 2.32 bits per heavy atom. The first kappa shape index (κ1) is 14.5. The second-order valence-electron chi connectivity index (χ2n) is 5.01. The molecule has 1 heterocycles. The highest BCUT2D eigenvalue weighted by Gasteiger charge is 2.35. The summed E-state index contributed by atoms with van der Waals surface area (Å²) in [7, 11) is 1.61. The van der Waals surface area contributed by atoms with Gasteiger partial charge in [0.2, 0.25) is 0 Å². The second-order valence-corrected chi connectivity index (χ2v) is 5.80. The van der Waals surface area contributed by atoms with Crippen LogP contribution in [0, 0.1) is 0 Å². The summed E-state index contributed by atoms with van der Waals surface area (Å²) in [6, 6.07) is 0. The summed E-state index contributed by atoms with van der Waals surface area (Å²) in [5.74, 6) is 0. The molecule has 0 aromatic carbocycles. The molecule has 0 amide bonds. The molecule has 0 unspecified atom stereocenters. The van der Waals surface area contributed by atoms with Gasteiger partial charge in [0.25, 0.3) is 5.56 Å². The lowest BCUT2D eigenvalue weighted by molar-refractivity contribution is 0.181. The number of methoxy groups -OCH3 is 1. The number of hydrogen-bond acceptors (Lipinski definition) is 4. The molecular formula is C13H20BrN3O2. The molecule has 1 aliphatic rings. The van der Waals surface area contributed by atoms with E-state index >= 15 is 0 Å². The maximum atomic E-state index is 12.1. The van der Waals surface area contributed by atoms with E-state index in [4.69, 9.17) is 4.74 Å². The molecule has 0 bridgehead atoms. The molecule has 2 rings (SSSR count). The van der Waals surface area contributed by atoms with Crippen molar-refractivity contribution in [2.24, 2.45) is 0 Å². The third kappa shape index (κ3) is 3.00. The molecule has 1 fully saturated rings. The van der Waals surface area contributed by atoms with Gasteiger partial charge in [-0.25, -0.2) is 4.68 Å². The number of nitrogens with zero attached hydrogens (tertiary/aromatic N) is 2. The Morgan fingerprint density at radius 3 is 2.84 bits per heavy atom. The van der Waals surface area contributed by atoms with Crippen molar-refractivity contribution in [3.63, 3.8) is 0 Å². The summed E-state index contributed by atoms with van der Waals surface area (Å²) in [6.07, 6.45) is 6.34. The van der Waals surface area contributed by atoms with Gasteiger partial charge in [0.1, 0.15) is 4.47 Å². The van der Waals surface area contributed by atoms with Gasteiger partial charge in [0, 0.05) is 12.6 Å². The summed E-state index contributed by atoms with van der Waals surface area (Å²) >= 11 is 3.38. The van der Waals surface area contributed by atoms with Crippen LogP contribution in [-0.2, 0) is 11.3 Å². The highest BCUT2D eigenvalue weighted by atomic mass is 79.9. The molecule has 1 saturated carbocycles. The van der Waals surface area contributed by atoms with Crippen molar-refractivity contribution in [3.05, 3.63) is 21.0 Å². The van der Waals surface area contributed by atoms with Gasteiger partial charge >= 0.3 is 0 Å². The van der Waals surface area contributed by atoms with Crippen LogP contribution in [0.25, 0.3) is 0 Å². The lowest BCUT2D eigenvalue weighted by Gasteiger charge is -2.43. The fourth-order valence-corrected chi connectivity index (χ4v) is 2.75. The molecule has 1 aliphatic carbocycles. The predicted octanol–water partition coefficient (Wildman–Crippen LogP) is 2.40. The molecule has 1 aromatic rings. The third-order valence-electron chi connectivity index (χ3n) is 3.88. The maximum Gasteiger partial charge on any atom is 0.283 e. The molecule has 19 heavy (non-hydrogen) atoms. The van der Waals surface area contributed by atoms with E-state index in [1.165, 1.54) is 11.1 Å². The average molecular weight is 330 g/mol. The Kier molecular flexibility index (Phi) is 4.62. The van der Waals surface area contributed by atoms with Crippen LogP contribution in [0.2, 0.25) is 0 Å². The highest BCUT2D eigenvalue weighted by molar-refractivity contribution is 9.10. The maximum absolute atomic E-state index is 12.1. The minimum Gasteiger partial charge on any atom is -0.383 e. The zero-order chi connectivity index (χ0) is 13.9. The first-order chi connectivity index (χ1) is 9.12. The van der Waals surface area contributed by atoms with E-state index in [2.05, 4.69) is 33.3 Å². The summed E-state index contributed by atoms with van der Waals surface area (Å²) in [6.45, 7) is 3.12. The third-order valence-corrected chi connectivity index (χ3v) is 4.65. The Labute approximate surface area is 121 Å². The molecule has 6 heteroatoms. The second kappa shape index (κ2) is 6.05. The number of aromatic nitrogens is 2. The van der Waals surface area contributed by atoms with Gasteiger partial charge in [-0.1, -0.05) is 6.92 Å². The molecule has 0 spiro atoms. The minimum atomic E-state index is -0.118. The van der Waals surface area contributed by atoms with Gasteiger partial charge in [0.05, 0.1) is 25.0 Å². The van der Waals surface area contributed by atoms with Crippen LogP contribution in [0.4, 0.5) is 5.69 Å². The van der Waals surface area contributed by atoms with Crippen LogP contribution < -0.4 is 10.9 Å². The summed E-state index contributed by atoms with van der Waals surface area (Å²) in [4.78, 5) is 12.1. The summed E-state index contributed by atoms with van der Waals surface area (Å²) < 4.78 is 6.93. The zero-order valence-electron chi connectivity index (χ0n) is 11.4. The smallest absolute Gasteiger partial charge is 0.283 e. The van der Waals surface area contributed by atoms with E-state index in [-0.39, 0.29) is 11.1 Å². The molecule has 1 N–H and O–H groups in total. The van der Waals surface area contributed by atoms with E-state index in [0.29, 0.717) is 17.6 Å². The Bertz CT molecular complexity index is 492. The van der Waals surface area contributed by atoms with Crippen molar-refractivity contribution < 1.29 is 4.74 Å². The average Bonchev–Trinajstić information content (AvgIpc) is 2.38. The van der Waals surface area contributed by atoms with Crippen LogP contribution in [0.5, 0.6) is 0 Å². The predicted molar refractivity (Wildman–Crippen MR) is 78.6 cm³/mol. The standard InChI is InChI=1S/C13H20BrN3O2/c1-3-13(5-4-6-13)16-10-9-15-17(7-8-19-2)12(18)11(10)14/h9,16H,3-8H2,1-2H3. The molecule has 5 nitrogen and oxygen atoms in total. The number of ether oxygens (including phenoxy) is 1. The van der Waals surface area contributed by atoms with Crippen LogP contribution in [-0.4, -0.2) is 29.0 Å². The number of hydrogen-bond donors (Lipinski definition) is 1. The van der Waals surface area contributed by atoms with E-state index in [0.717, 1.165) is 24.9 Å². The van der Waals surface area contributed by atoms with Gasteiger partial charge in [-0.3, -0.25) is 4.79 Å². The molecule has 0 atom stereocenters. The van der Waals surface area contributed by atoms with Gasteiger partial charge in [-0.05, 0) is 41.6 Å². The number of anilines is 1. The van der Waals surface area contributed by atoms with Crippen LogP contribution in [0.1, 0.15) is 32.6 Å². The molecule has 0 aliphatic heterocycles. The fraction of sp³-hybridized carbons (Fsp3) is 0.692. The van der Waals surface area contributed by atoms with E-state index < -0.39 is 0 Å². The number of nitrogens with one attached hydrogen (secondary N) is 1. The molecule has 1 aromatic heterocycles. The molecular weight excluding hydrogens is 310 g/mol. The summed E-state index contributed by atoms with van der Waals surface area (Å²) in [5.41, 5.74) is 0.822. The summed E-state index contributed by atoms with van der Waals surface area (Å²) in [5, 5.41) is 7.67. The van der Waals surface area contributed by atoms with Gasteiger partial charge in [-0.2, -0.15) is 5.10 Å².